The SMILES string of the molecule is NCCCCNc1nc2c(N)ncnc2n1[C@@H]1O[C@H](COP(=O)(O)O)[C@@H](O)[C@H]1O. The number of nitrogen functional groups attached to an aromatic ring is 1. The third-order valence-corrected chi connectivity index (χ3v) is 4.90. The van der Waals surface area contributed by atoms with Crippen molar-refractivity contribution in [2.75, 3.05) is 30.7 Å². The Hall–Kier alpha value is -1.90. The highest BCUT2D eigenvalue weighted by atomic mass is 31.2. The fourth-order valence-corrected chi connectivity index (χ4v) is 3.35. The lowest BCUT2D eigenvalue weighted by atomic mass is 10.1. The van der Waals surface area contributed by atoms with E-state index < -0.39 is 39.0 Å². The second kappa shape index (κ2) is 8.85. The average molecular weight is 433 g/mol. The number of hydrogen-bond acceptors (Lipinski definition) is 11. The van der Waals surface area contributed by atoms with Crippen LogP contribution in [-0.4, -0.2) is 77.5 Å². The van der Waals surface area contributed by atoms with E-state index in [1.54, 1.807) is 0 Å². The van der Waals surface area contributed by atoms with Crippen LogP contribution < -0.4 is 16.8 Å². The molecule has 0 spiro atoms. The van der Waals surface area contributed by atoms with Gasteiger partial charge in [-0.1, -0.05) is 0 Å². The molecule has 0 unspecified atom stereocenters. The highest BCUT2D eigenvalue weighted by Gasteiger charge is 2.46. The maximum Gasteiger partial charge on any atom is 0.469 e. The van der Waals surface area contributed by atoms with Crippen LogP contribution in [0.4, 0.5) is 11.8 Å². The first-order valence-electron chi connectivity index (χ1n) is 8.87. The minimum atomic E-state index is -4.77. The number of aliphatic hydroxyl groups is 2. The second-order valence-corrected chi connectivity index (χ2v) is 7.73. The standard InChI is InChI=1S/C14H24N7O7P/c15-3-1-2-4-17-14-20-8-11(16)18-6-19-12(8)21(14)13-10(23)9(22)7(28-13)5-27-29(24,25)26/h6-7,9-10,13,22-23H,1-5,15H2,(H,17,20)(H2,16,18,19)(H2,24,25,26)/t7-,9-,10-,13-/m1/s1. The van der Waals surface area contributed by atoms with Crippen molar-refractivity contribution in [3.63, 3.8) is 0 Å². The van der Waals surface area contributed by atoms with Gasteiger partial charge in [0, 0.05) is 6.54 Å². The zero-order valence-electron chi connectivity index (χ0n) is 15.3. The summed E-state index contributed by atoms with van der Waals surface area (Å²) in [7, 11) is -4.77. The van der Waals surface area contributed by atoms with Crippen LogP contribution in [0.3, 0.4) is 0 Å². The van der Waals surface area contributed by atoms with Gasteiger partial charge in [-0.25, -0.2) is 19.5 Å². The Bertz CT molecular complexity index is 891. The van der Waals surface area contributed by atoms with E-state index in [2.05, 4.69) is 24.8 Å². The molecule has 1 fully saturated rings. The van der Waals surface area contributed by atoms with E-state index >= 15 is 0 Å². The molecule has 3 heterocycles. The van der Waals surface area contributed by atoms with Crippen LogP contribution in [0, 0.1) is 0 Å². The summed E-state index contributed by atoms with van der Waals surface area (Å²) in [6.45, 7) is 0.431. The average Bonchev–Trinajstić information content (AvgIpc) is 3.16. The molecule has 0 amide bonds. The van der Waals surface area contributed by atoms with Gasteiger partial charge in [-0.2, -0.15) is 0 Å². The Balaban J connectivity index is 1.90. The number of anilines is 2. The normalized spacial score (nSPS) is 25.0. The predicted molar refractivity (Wildman–Crippen MR) is 100 cm³/mol. The van der Waals surface area contributed by atoms with E-state index in [0.29, 0.717) is 13.1 Å². The molecule has 162 valence electrons. The van der Waals surface area contributed by atoms with Gasteiger partial charge in [0.15, 0.2) is 23.2 Å². The van der Waals surface area contributed by atoms with E-state index in [-0.39, 0.29) is 22.9 Å². The number of aliphatic hydroxyl groups excluding tert-OH is 2. The van der Waals surface area contributed by atoms with Crippen molar-refractivity contribution in [3.05, 3.63) is 6.33 Å². The fraction of sp³-hybridized carbons (Fsp3) is 0.643. The minimum absolute atomic E-state index is 0.119. The Morgan fingerprint density at radius 2 is 2.03 bits per heavy atom. The summed E-state index contributed by atoms with van der Waals surface area (Å²) in [5.74, 6) is 0.394. The van der Waals surface area contributed by atoms with Gasteiger partial charge in [0.1, 0.15) is 24.6 Å². The van der Waals surface area contributed by atoms with E-state index in [0.717, 1.165) is 12.8 Å². The molecule has 0 saturated carbocycles. The molecule has 15 heteroatoms. The molecule has 0 bridgehead atoms. The lowest BCUT2D eigenvalue weighted by Gasteiger charge is -2.19. The monoisotopic (exact) mass is 433 g/mol. The van der Waals surface area contributed by atoms with Gasteiger partial charge in [-0.15, -0.1) is 0 Å². The van der Waals surface area contributed by atoms with Gasteiger partial charge in [0.05, 0.1) is 6.61 Å². The molecule has 2 aromatic heterocycles. The highest BCUT2D eigenvalue weighted by molar-refractivity contribution is 7.46. The molecule has 1 aliphatic heterocycles. The van der Waals surface area contributed by atoms with Crippen LogP contribution in [0.15, 0.2) is 6.33 Å². The largest absolute Gasteiger partial charge is 0.469 e. The van der Waals surface area contributed by atoms with Gasteiger partial charge in [-0.05, 0) is 19.4 Å². The van der Waals surface area contributed by atoms with Gasteiger partial charge in [0.2, 0.25) is 5.95 Å². The van der Waals surface area contributed by atoms with Gasteiger partial charge >= 0.3 is 7.82 Å². The molecular weight excluding hydrogens is 409 g/mol. The molecule has 4 atom stereocenters. The molecule has 14 nitrogen and oxygen atoms in total. The molecule has 2 aromatic rings. The number of nitrogens with zero attached hydrogens (tertiary/aromatic N) is 4. The van der Waals surface area contributed by atoms with Gasteiger partial charge in [0.25, 0.3) is 0 Å². The molecule has 0 radical (unpaired) electrons. The van der Waals surface area contributed by atoms with Crippen molar-refractivity contribution in [1.82, 2.24) is 19.5 Å². The number of aromatic nitrogens is 4. The van der Waals surface area contributed by atoms with Crippen LogP contribution >= 0.6 is 7.82 Å². The molecule has 9 N–H and O–H groups in total. The predicted octanol–water partition coefficient (Wildman–Crippen LogP) is -1.71. The van der Waals surface area contributed by atoms with Crippen molar-refractivity contribution in [2.45, 2.75) is 37.4 Å². The number of nitrogens with two attached hydrogens (primary N) is 2. The van der Waals surface area contributed by atoms with Crippen molar-refractivity contribution in [2.24, 2.45) is 5.73 Å². The fourth-order valence-electron chi connectivity index (χ4n) is 3.01. The van der Waals surface area contributed by atoms with Crippen molar-refractivity contribution in [1.29, 1.82) is 0 Å². The number of imidazole rings is 1. The Labute approximate surface area is 165 Å². The summed E-state index contributed by atoms with van der Waals surface area (Å²) in [6, 6.07) is 0. The van der Waals surface area contributed by atoms with Crippen LogP contribution in [0.1, 0.15) is 19.1 Å². The smallest absolute Gasteiger partial charge is 0.387 e. The van der Waals surface area contributed by atoms with Crippen LogP contribution in [-0.2, 0) is 13.8 Å². The summed E-state index contributed by atoms with van der Waals surface area (Å²) >= 11 is 0. The van der Waals surface area contributed by atoms with E-state index in [1.165, 1.54) is 10.9 Å². The first-order chi connectivity index (χ1) is 13.7. The topological polar surface area (TPSA) is 224 Å². The molecule has 0 aromatic carbocycles. The third kappa shape index (κ3) is 4.82. The lowest BCUT2D eigenvalue weighted by Crippen LogP contribution is -2.33. The summed E-state index contributed by atoms with van der Waals surface area (Å²) in [6.07, 6.45) is -2.49. The number of hydrogen-bond donors (Lipinski definition) is 7. The molecular formula is C14H24N7O7P. The maximum absolute atomic E-state index is 10.9. The highest BCUT2D eigenvalue weighted by Crippen LogP contribution is 2.39. The van der Waals surface area contributed by atoms with Crippen LogP contribution in [0.5, 0.6) is 0 Å². The molecule has 1 saturated heterocycles. The first kappa shape index (κ1) is 21.8. The maximum atomic E-state index is 10.9. The third-order valence-electron chi connectivity index (χ3n) is 4.42. The van der Waals surface area contributed by atoms with Crippen LogP contribution in [0.25, 0.3) is 11.2 Å². The minimum Gasteiger partial charge on any atom is -0.387 e. The Morgan fingerprint density at radius 1 is 1.28 bits per heavy atom. The summed E-state index contributed by atoms with van der Waals surface area (Å²) in [5, 5.41) is 23.8. The molecule has 1 aliphatic rings. The number of fused-ring (bicyclic) bond motifs is 1. The van der Waals surface area contributed by atoms with E-state index in [1.807, 2.05) is 0 Å². The number of phosphoric ester groups is 1. The summed E-state index contributed by atoms with van der Waals surface area (Å²) in [4.78, 5) is 30.1. The van der Waals surface area contributed by atoms with E-state index in [4.69, 9.17) is 26.0 Å². The van der Waals surface area contributed by atoms with Crippen molar-refractivity contribution >= 4 is 30.8 Å². The zero-order valence-corrected chi connectivity index (χ0v) is 16.2. The summed E-state index contributed by atoms with van der Waals surface area (Å²) in [5.41, 5.74) is 11.9. The van der Waals surface area contributed by atoms with Gasteiger partial charge < -0.3 is 41.5 Å². The molecule has 3 rings (SSSR count). The molecule has 29 heavy (non-hydrogen) atoms. The van der Waals surface area contributed by atoms with E-state index in [9.17, 15) is 14.8 Å². The number of nitrogens with one attached hydrogen (secondary N) is 1. The first-order valence-corrected chi connectivity index (χ1v) is 10.4. The van der Waals surface area contributed by atoms with Crippen molar-refractivity contribution in [3.8, 4) is 0 Å². The van der Waals surface area contributed by atoms with Crippen molar-refractivity contribution < 1.29 is 33.8 Å². The molecule has 0 aliphatic carbocycles. The number of rotatable bonds is 9. The summed E-state index contributed by atoms with van der Waals surface area (Å²) < 4.78 is 22.4. The number of phosphoric acid groups is 1. The lowest BCUT2D eigenvalue weighted by molar-refractivity contribution is -0.0494. The van der Waals surface area contributed by atoms with Crippen LogP contribution in [0.2, 0.25) is 0 Å². The quantitative estimate of drug-likeness (QED) is 0.173. The Morgan fingerprint density at radius 3 is 2.72 bits per heavy atom. The number of unbranched alkanes of at least 4 members (excludes halogenated alkanes) is 1. The van der Waals surface area contributed by atoms with Gasteiger partial charge in [-0.3, -0.25) is 9.09 Å². The zero-order chi connectivity index (χ0) is 21.2. The second-order valence-electron chi connectivity index (χ2n) is 6.49. The number of ether oxygens (including phenoxy) is 1. The Kier molecular flexibility index (Phi) is 6.65.